The van der Waals surface area contributed by atoms with E-state index in [1.165, 1.54) is 70.6 Å². The van der Waals surface area contributed by atoms with Gasteiger partial charge in [0.15, 0.2) is 0 Å². The van der Waals surface area contributed by atoms with E-state index in [4.69, 9.17) is 10.7 Å². The SMILES string of the molecule is NC1=NC2CCC(CCC3CCCCC3)CC2C1(O)C1CCCCC1. The van der Waals surface area contributed by atoms with Crippen LogP contribution in [0.15, 0.2) is 4.99 Å². The van der Waals surface area contributed by atoms with Crippen LogP contribution < -0.4 is 5.73 Å². The van der Waals surface area contributed by atoms with Gasteiger partial charge in [-0.15, -0.1) is 0 Å². The minimum atomic E-state index is -0.783. The van der Waals surface area contributed by atoms with Gasteiger partial charge in [0, 0.05) is 5.92 Å². The van der Waals surface area contributed by atoms with Crippen molar-refractivity contribution >= 4 is 5.84 Å². The summed E-state index contributed by atoms with van der Waals surface area (Å²) in [6.07, 6.45) is 19.8. The second-order valence-electron chi connectivity index (χ2n) is 9.61. The Balaban J connectivity index is 1.38. The Kier molecular flexibility index (Phi) is 5.41. The van der Waals surface area contributed by atoms with Gasteiger partial charge in [0.1, 0.15) is 11.4 Å². The molecule has 0 saturated heterocycles. The first-order chi connectivity index (χ1) is 12.2. The molecule has 4 aliphatic rings. The summed E-state index contributed by atoms with van der Waals surface area (Å²) in [6, 6.07) is 0.304. The fraction of sp³-hybridized carbons (Fsp3) is 0.955. The molecule has 0 spiro atoms. The lowest BCUT2D eigenvalue weighted by molar-refractivity contribution is -0.0383. The van der Waals surface area contributed by atoms with Crippen LogP contribution in [-0.2, 0) is 0 Å². The van der Waals surface area contributed by atoms with Crippen molar-refractivity contribution in [2.75, 3.05) is 0 Å². The van der Waals surface area contributed by atoms with Crippen LogP contribution in [0.2, 0.25) is 0 Å². The number of aliphatic hydroxyl groups is 1. The average molecular weight is 347 g/mol. The highest BCUT2D eigenvalue weighted by molar-refractivity contribution is 5.91. The first-order valence-electron chi connectivity index (χ1n) is 11.2. The molecule has 3 N–H and O–H groups in total. The molecule has 0 aromatic carbocycles. The average Bonchev–Trinajstić information content (AvgIpc) is 2.93. The van der Waals surface area contributed by atoms with E-state index in [0.29, 0.717) is 23.7 Å². The van der Waals surface area contributed by atoms with E-state index in [2.05, 4.69) is 0 Å². The van der Waals surface area contributed by atoms with Crippen molar-refractivity contribution in [3.8, 4) is 0 Å². The number of nitrogens with zero attached hydrogens (tertiary/aromatic N) is 1. The molecule has 142 valence electrons. The maximum atomic E-state index is 11.7. The Morgan fingerprint density at radius 3 is 2.20 bits per heavy atom. The maximum absolute atomic E-state index is 11.7. The van der Waals surface area contributed by atoms with Gasteiger partial charge >= 0.3 is 0 Å². The minimum Gasteiger partial charge on any atom is -0.385 e. The monoisotopic (exact) mass is 346 g/mol. The molecule has 3 nitrogen and oxygen atoms in total. The molecule has 0 bridgehead atoms. The lowest BCUT2D eigenvalue weighted by Crippen LogP contribution is -2.55. The molecule has 4 rings (SSSR count). The van der Waals surface area contributed by atoms with Crippen molar-refractivity contribution in [1.82, 2.24) is 0 Å². The summed E-state index contributed by atoms with van der Waals surface area (Å²) in [5.41, 5.74) is 5.56. The molecule has 3 saturated carbocycles. The number of nitrogens with two attached hydrogens (primary N) is 1. The van der Waals surface area contributed by atoms with Gasteiger partial charge in [-0.05, 0) is 49.9 Å². The molecule has 3 fully saturated rings. The molecule has 4 atom stereocenters. The summed E-state index contributed by atoms with van der Waals surface area (Å²) < 4.78 is 0. The number of hydrogen-bond donors (Lipinski definition) is 2. The number of hydrogen-bond acceptors (Lipinski definition) is 3. The molecule has 1 aliphatic heterocycles. The van der Waals surface area contributed by atoms with E-state index in [1.54, 1.807) is 0 Å². The quantitative estimate of drug-likeness (QED) is 0.767. The van der Waals surface area contributed by atoms with Crippen LogP contribution >= 0.6 is 0 Å². The van der Waals surface area contributed by atoms with Gasteiger partial charge in [-0.3, -0.25) is 4.99 Å². The Bertz CT molecular complexity index is 478. The maximum Gasteiger partial charge on any atom is 0.129 e. The van der Waals surface area contributed by atoms with Crippen LogP contribution in [0.5, 0.6) is 0 Å². The lowest BCUT2D eigenvalue weighted by atomic mass is 9.63. The third-order valence-electron chi connectivity index (χ3n) is 8.14. The standard InChI is InChI=1S/C22H38N2O/c23-21-22(25,18-9-5-2-6-10-18)19-15-17(13-14-20(19)24-21)12-11-16-7-3-1-4-8-16/h16-20,25H,1-15H2,(H2,23,24). The van der Waals surface area contributed by atoms with Crippen LogP contribution in [0.1, 0.15) is 96.3 Å². The molecule has 3 heteroatoms. The van der Waals surface area contributed by atoms with Gasteiger partial charge in [0.2, 0.25) is 0 Å². The van der Waals surface area contributed by atoms with Gasteiger partial charge in [0.25, 0.3) is 0 Å². The number of rotatable bonds is 4. The highest BCUT2D eigenvalue weighted by Gasteiger charge is 2.55. The molecular weight excluding hydrogens is 308 g/mol. The zero-order valence-corrected chi connectivity index (χ0v) is 16.0. The number of fused-ring (bicyclic) bond motifs is 1. The second kappa shape index (κ2) is 7.58. The summed E-state index contributed by atoms with van der Waals surface area (Å²) in [7, 11) is 0. The fourth-order valence-corrected chi connectivity index (χ4v) is 6.61. The Morgan fingerprint density at radius 2 is 1.48 bits per heavy atom. The smallest absolute Gasteiger partial charge is 0.129 e. The minimum absolute atomic E-state index is 0.304. The first kappa shape index (κ1) is 17.8. The largest absolute Gasteiger partial charge is 0.385 e. The second-order valence-corrected chi connectivity index (χ2v) is 9.61. The van der Waals surface area contributed by atoms with Crippen LogP contribution in [0.4, 0.5) is 0 Å². The number of amidine groups is 1. The van der Waals surface area contributed by atoms with Crippen molar-refractivity contribution in [2.45, 2.75) is 108 Å². The first-order valence-corrected chi connectivity index (χ1v) is 11.2. The predicted molar refractivity (Wildman–Crippen MR) is 104 cm³/mol. The molecule has 0 amide bonds. The van der Waals surface area contributed by atoms with Crippen LogP contribution in [0, 0.1) is 23.7 Å². The topological polar surface area (TPSA) is 58.6 Å². The Hall–Kier alpha value is -0.570. The normalized spacial score (nSPS) is 40.7. The fourth-order valence-electron chi connectivity index (χ4n) is 6.61. The van der Waals surface area contributed by atoms with Crippen molar-refractivity contribution in [1.29, 1.82) is 0 Å². The molecule has 3 aliphatic carbocycles. The third kappa shape index (κ3) is 3.50. The predicted octanol–water partition coefficient (Wildman–Crippen LogP) is 4.81. The lowest BCUT2D eigenvalue weighted by Gasteiger charge is -2.44. The summed E-state index contributed by atoms with van der Waals surface area (Å²) in [5, 5.41) is 11.7. The van der Waals surface area contributed by atoms with Gasteiger partial charge in [-0.2, -0.15) is 0 Å². The van der Waals surface area contributed by atoms with Crippen molar-refractivity contribution in [3.63, 3.8) is 0 Å². The molecule has 0 aromatic rings. The third-order valence-corrected chi connectivity index (χ3v) is 8.14. The molecule has 0 aromatic heterocycles. The highest BCUT2D eigenvalue weighted by Crippen LogP contribution is 2.49. The Labute approximate surface area is 153 Å². The molecule has 25 heavy (non-hydrogen) atoms. The Morgan fingerprint density at radius 1 is 0.840 bits per heavy atom. The zero-order valence-electron chi connectivity index (χ0n) is 16.0. The van der Waals surface area contributed by atoms with Gasteiger partial charge < -0.3 is 10.8 Å². The van der Waals surface area contributed by atoms with E-state index >= 15 is 0 Å². The number of aliphatic imine (C=N–C) groups is 1. The summed E-state index contributed by atoms with van der Waals surface area (Å²) in [4.78, 5) is 4.77. The molecular formula is C22H38N2O. The van der Waals surface area contributed by atoms with Crippen LogP contribution in [0.25, 0.3) is 0 Å². The van der Waals surface area contributed by atoms with Crippen molar-refractivity contribution < 1.29 is 5.11 Å². The molecule has 1 heterocycles. The summed E-state index contributed by atoms with van der Waals surface area (Å²) in [6.45, 7) is 0. The van der Waals surface area contributed by atoms with Crippen LogP contribution in [0.3, 0.4) is 0 Å². The molecule has 4 unspecified atom stereocenters. The van der Waals surface area contributed by atoms with Gasteiger partial charge in [0.05, 0.1) is 6.04 Å². The molecule has 0 radical (unpaired) electrons. The van der Waals surface area contributed by atoms with E-state index in [9.17, 15) is 5.11 Å². The van der Waals surface area contributed by atoms with E-state index in [0.717, 1.165) is 37.5 Å². The van der Waals surface area contributed by atoms with E-state index < -0.39 is 5.60 Å². The zero-order chi connectivity index (χ0) is 17.3. The van der Waals surface area contributed by atoms with E-state index in [1.807, 2.05) is 0 Å². The van der Waals surface area contributed by atoms with Crippen LogP contribution in [-0.4, -0.2) is 22.6 Å². The summed E-state index contributed by atoms with van der Waals surface area (Å²) in [5.74, 6) is 3.02. The van der Waals surface area contributed by atoms with Crippen molar-refractivity contribution in [2.24, 2.45) is 34.4 Å². The van der Waals surface area contributed by atoms with Gasteiger partial charge in [-0.1, -0.05) is 64.2 Å². The highest BCUT2D eigenvalue weighted by atomic mass is 16.3. The summed E-state index contributed by atoms with van der Waals surface area (Å²) >= 11 is 0. The van der Waals surface area contributed by atoms with Gasteiger partial charge in [-0.25, -0.2) is 0 Å². The van der Waals surface area contributed by atoms with E-state index in [-0.39, 0.29) is 0 Å². The van der Waals surface area contributed by atoms with Crippen molar-refractivity contribution in [3.05, 3.63) is 0 Å².